The van der Waals surface area contributed by atoms with Crippen LogP contribution in [-0.2, 0) is 19.1 Å². The standard InChI is InChI=1S/C20H22FNO4S/c1-3-25-18(23)20(19(24)26-4-2)16(17-6-5-13-27-17)11-12-22(20)15-9-7-14(21)8-10-15/h5-10,13,16H,3-4,11-12H2,1-2H3. The molecule has 2 heterocycles. The zero-order valence-corrected chi connectivity index (χ0v) is 16.1. The summed E-state index contributed by atoms with van der Waals surface area (Å²) < 4.78 is 24.1. The quantitative estimate of drug-likeness (QED) is 0.555. The van der Waals surface area contributed by atoms with Gasteiger partial charge in [-0.3, -0.25) is 0 Å². The summed E-state index contributed by atoms with van der Waals surface area (Å²) in [5.41, 5.74) is -1.05. The number of hydrogen-bond acceptors (Lipinski definition) is 6. The van der Waals surface area contributed by atoms with Gasteiger partial charge >= 0.3 is 11.9 Å². The Morgan fingerprint density at radius 1 is 1.15 bits per heavy atom. The van der Waals surface area contributed by atoms with Gasteiger partial charge in [-0.2, -0.15) is 0 Å². The Hall–Kier alpha value is -2.41. The molecule has 0 spiro atoms. The average Bonchev–Trinajstić information content (AvgIpc) is 3.30. The summed E-state index contributed by atoms with van der Waals surface area (Å²) in [4.78, 5) is 29.0. The fourth-order valence-corrected chi connectivity index (χ4v) is 4.62. The number of halogens is 1. The second-order valence-corrected chi connectivity index (χ2v) is 7.17. The number of carbonyl (C=O) groups excluding carboxylic acids is 2. The number of ether oxygens (including phenoxy) is 2. The smallest absolute Gasteiger partial charge is 0.344 e. The Balaban J connectivity index is 2.17. The third-order valence-electron chi connectivity index (χ3n) is 4.77. The van der Waals surface area contributed by atoms with Crippen LogP contribution in [0.15, 0.2) is 41.8 Å². The SMILES string of the molecule is CCOC(=O)C1(C(=O)OCC)C(c2cccs2)CCN1c1ccc(F)cc1. The Morgan fingerprint density at radius 3 is 2.30 bits per heavy atom. The third kappa shape index (κ3) is 3.32. The molecular formula is C20H22FNO4S. The van der Waals surface area contributed by atoms with E-state index in [-0.39, 0.29) is 19.0 Å². The zero-order valence-electron chi connectivity index (χ0n) is 15.3. The van der Waals surface area contributed by atoms with E-state index in [0.717, 1.165) is 4.88 Å². The maximum Gasteiger partial charge on any atom is 0.344 e. The van der Waals surface area contributed by atoms with E-state index in [2.05, 4.69) is 0 Å². The predicted molar refractivity (Wildman–Crippen MR) is 101 cm³/mol. The molecule has 1 aromatic heterocycles. The molecular weight excluding hydrogens is 369 g/mol. The zero-order chi connectivity index (χ0) is 19.4. The summed E-state index contributed by atoms with van der Waals surface area (Å²) in [6, 6.07) is 9.57. The molecule has 5 nitrogen and oxygen atoms in total. The van der Waals surface area contributed by atoms with Crippen molar-refractivity contribution >= 4 is 29.0 Å². The lowest BCUT2D eigenvalue weighted by molar-refractivity contribution is -0.164. The van der Waals surface area contributed by atoms with E-state index < -0.39 is 23.4 Å². The molecule has 27 heavy (non-hydrogen) atoms. The van der Waals surface area contributed by atoms with Crippen LogP contribution in [0.3, 0.4) is 0 Å². The molecule has 0 amide bonds. The number of nitrogens with zero attached hydrogens (tertiary/aromatic N) is 1. The molecule has 1 aromatic carbocycles. The van der Waals surface area contributed by atoms with Crippen LogP contribution in [0.4, 0.5) is 10.1 Å². The Bertz CT molecular complexity index is 773. The first-order valence-electron chi connectivity index (χ1n) is 8.96. The summed E-state index contributed by atoms with van der Waals surface area (Å²) in [5, 5.41) is 1.91. The van der Waals surface area contributed by atoms with E-state index in [4.69, 9.17) is 9.47 Å². The van der Waals surface area contributed by atoms with Crippen molar-refractivity contribution in [1.82, 2.24) is 0 Å². The van der Waals surface area contributed by atoms with Crippen molar-refractivity contribution in [3.05, 3.63) is 52.5 Å². The average molecular weight is 391 g/mol. The Labute approximate surface area is 161 Å². The number of carbonyl (C=O) groups is 2. The van der Waals surface area contributed by atoms with Gasteiger partial charge in [0.1, 0.15) is 5.82 Å². The van der Waals surface area contributed by atoms with Crippen LogP contribution < -0.4 is 4.90 Å². The summed E-state index contributed by atoms with van der Waals surface area (Å²) in [7, 11) is 0. The van der Waals surface area contributed by atoms with Gasteiger partial charge in [0.15, 0.2) is 0 Å². The van der Waals surface area contributed by atoms with Gasteiger partial charge < -0.3 is 14.4 Å². The summed E-state index contributed by atoms with van der Waals surface area (Å²) in [5.74, 6) is -2.06. The van der Waals surface area contributed by atoms with E-state index in [9.17, 15) is 14.0 Å². The molecule has 1 aliphatic rings. The maximum atomic E-state index is 13.4. The fourth-order valence-electron chi connectivity index (χ4n) is 3.69. The van der Waals surface area contributed by atoms with Crippen molar-refractivity contribution in [2.45, 2.75) is 31.7 Å². The molecule has 0 aliphatic carbocycles. The van der Waals surface area contributed by atoms with E-state index >= 15 is 0 Å². The van der Waals surface area contributed by atoms with Gasteiger partial charge in [-0.15, -0.1) is 11.3 Å². The molecule has 1 saturated heterocycles. The molecule has 0 bridgehead atoms. The van der Waals surface area contributed by atoms with Crippen molar-refractivity contribution in [3.63, 3.8) is 0 Å². The van der Waals surface area contributed by atoms with Crippen molar-refractivity contribution in [2.24, 2.45) is 0 Å². The van der Waals surface area contributed by atoms with Crippen molar-refractivity contribution in [3.8, 4) is 0 Å². The van der Waals surface area contributed by atoms with Gasteiger partial charge in [-0.05, 0) is 56.0 Å². The number of hydrogen-bond donors (Lipinski definition) is 0. The van der Waals surface area contributed by atoms with Gasteiger partial charge in [-0.1, -0.05) is 6.07 Å². The van der Waals surface area contributed by atoms with Crippen LogP contribution in [-0.4, -0.2) is 37.2 Å². The van der Waals surface area contributed by atoms with Gasteiger partial charge in [0.05, 0.1) is 13.2 Å². The fraction of sp³-hybridized carbons (Fsp3) is 0.400. The topological polar surface area (TPSA) is 55.8 Å². The molecule has 144 valence electrons. The predicted octanol–water partition coefficient (Wildman–Crippen LogP) is 3.75. The first-order valence-corrected chi connectivity index (χ1v) is 9.84. The van der Waals surface area contributed by atoms with E-state index in [1.54, 1.807) is 30.9 Å². The normalized spacial score (nSPS) is 18.3. The molecule has 0 N–H and O–H groups in total. The van der Waals surface area contributed by atoms with Gasteiger partial charge in [0.2, 0.25) is 5.54 Å². The minimum atomic E-state index is -1.63. The summed E-state index contributed by atoms with van der Waals surface area (Å²) in [6.45, 7) is 4.15. The number of thiophene rings is 1. The van der Waals surface area contributed by atoms with Crippen LogP contribution in [0, 0.1) is 5.82 Å². The Morgan fingerprint density at radius 2 is 1.78 bits per heavy atom. The second kappa shape index (κ2) is 8.08. The number of benzene rings is 1. The van der Waals surface area contributed by atoms with E-state index in [1.165, 1.54) is 23.5 Å². The van der Waals surface area contributed by atoms with E-state index in [0.29, 0.717) is 18.7 Å². The molecule has 0 radical (unpaired) electrons. The summed E-state index contributed by atoms with van der Waals surface area (Å²) in [6.07, 6.45) is 0.579. The van der Waals surface area contributed by atoms with Crippen molar-refractivity contribution < 1.29 is 23.5 Å². The molecule has 3 rings (SSSR count). The highest BCUT2D eigenvalue weighted by molar-refractivity contribution is 7.10. The Kier molecular flexibility index (Phi) is 5.79. The van der Waals surface area contributed by atoms with Crippen LogP contribution >= 0.6 is 11.3 Å². The van der Waals surface area contributed by atoms with Crippen LogP contribution in [0.1, 0.15) is 31.1 Å². The van der Waals surface area contributed by atoms with Crippen LogP contribution in [0.25, 0.3) is 0 Å². The van der Waals surface area contributed by atoms with E-state index in [1.807, 2.05) is 17.5 Å². The first-order chi connectivity index (χ1) is 13.1. The van der Waals surface area contributed by atoms with Crippen LogP contribution in [0.5, 0.6) is 0 Å². The monoisotopic (exact) mass is 391 g/mol. The molecule has 1 fully saturated rings. The van der Waals surface area contributed by atoms with Gasteiger partial charge in [0.25, 0.3) is 0 Å². The second-order valence-electron chi connectivity index (χ2n) is 6.19. The molecule has 1 atom stereocenters. The molecule has 1 aliphatic heterocycles. The van der Waals surface area contributed by atoms with Gasteiger partial charge in [0, 0.05) is 23.0 Å². The number of anilines is 1. The lowest BCUT2D eigenvalue weighted by atomic mass is 9.83. The van der Waals surface area contributed by atoms with Gasteiger partial charge in [-0.25, -0.2) is 14.0 Å². The van der Waals surface area contributed by atoms with Crippen molar-refractivity contribution in [1.29, 1.82) is 0 Å². The minimum absolute atomic E-state index is 0.147. The lowest BCUT2D eigenvalue weighted by Crippen LogP contribution is -2.61. The largest absolute Gasteiger partial charge is 0.464 e. The number of rotatable bonds is 6. The molecule has 0 saturated carbocycles. The third-order valence-corrected chi connectivity index (χ3v) is 5.76. The first kappa shape index (κ1) is 19.4. The molecule has 1 unspecified atom stereocenters. The number of esters is 2. The minimum Gasteiger partial charge on any atom is -0.464 e. The van der Waals surface area contributed by atoms with Crippen LogP contribution in [0.2, 0.25) is 0 Å². The maximum absolute atomic E-state index is 13.4. The molecule has 2 aromatic rings. The highest BCUT2D eigenvalue weighted by Crippen LogP contribution is 2.47. The lowest BCUT2D eigenvalue weighted by Gasteiger charge is -2.38. The summed E-state index contributed by atoms with van der Waals surface area (Å²) >= 11 is 1.49. The van der Waals surface area contributed by atoms with Crippen molar-refractivity contribution in [2.75, 3.05) is 24.7 Å². The highest BCUT2D eigenvalue weighted by Gasteiger charge is 2.63. The highest BCUT2D eigenvalue weighted by atomic mass is 32.1. The molecule has 7 heteroatoms.